The van der Waals surface area contributed by atoms with Gasteiger partial charge < -0.3 is 20.2 Å². The molecule has 0 radical (unpaired) electrons. The van der Waals surface area contributed by atoms with Crippen molar-refractivity contribution in [1.29, 1.82) is 0 Å². The van der Waals surface area contributed by atoms with Gasteiger partial charge in [0.1, 0.15) is 5.76 Å². The Balaban J connectivity index is 2.07. The molecule has 0 aliphatic heterocycles. The standard InChI is InChI=1S/C18H24N2O3/c1-13(2)16(9-10-21)20-18(22)15-7-3-4-8-17(15)19-12-14-6-5-11-23-14/h3-8,11,13,16,19,21H,9-10,12H2,1-2H3,(H,20,22). The van der Waals surface area contributed by atoms with Gasteiger partial charge in [0.15, 0.2) is 0 Å². The number of rotatable bonds is 8. The van der Waals surface area contributed by atoms with Crippen LogP contribution >= 0.6 is 0 Å². The number of para-hydroxylation sites is 1. The molecule has 2 rings (SSSR count). The first-order valence-corrected chi connectivity index (χ1v) is 7.88. The number of hydrogen-bond acceptors (Lipinski definition) is 4. The number of nitrogens with one attached hydrogen (secondary N) is 2. The predicted octanol–water partition coefficient (Wildman–Crippen LogP) is 3.03. The van der Waals surface area contributed by atoms with E-state index >= 15 is 0 Å². The van der Waals surface area contributed by atoms with Crippen molar-refractivity contribution < 1.29 is 14.3 Å². The highest BCUT2D eigenvalue weighted by molar-refractivity contribution is 5.99. The smallest absolute Gasteiger partial charge is 0.253 e. The number of aliphatic hydroxyl groups is 1. The summed E-state index contributed by atoms with van der Waals surface area (Å²) >= 11 is 0. The summed E-state index contributed by atoms with van der Waals surface area (Å²) in [4.78, 5) is 12.6. The van der Waals surface area contributed by atoms with E-state index < -0.39 is 0 Å². The van der Waals surface area contributed by atoms with Crippen LogP contribution in [-0.2, 0) is 6.54 Å². The zero-order valence-electron chi connectivity index (χ0n) is 13.6. The molecule has 0 saturated heterocycles. The molecule has 0 aliphatic carbocycles. The molecule has 5 nitrogen and oxygen atoms in total. The molecule has 124 valence electrons. The van der Waals surface area contributed by atoms with E-state index in [-0.39, 0.29) is 24.5 Å². The maximum absolute atomic E-state index is 12.6. The third-order valence-electron chi connectivity index (χ3n) is 3.77. The maximum Gasteiger partial charge on any atom is 0.253 e. The van der Waals surface area contributed by atoms with Crippen LogP contribution in [0.25, 0.3) is 0 Å². The van der Waals surface area contributed by atoms with Crippen LogP contribution < -0.4 is 10.6 Å². The number of furan rings is 1. The normalized spacial score (nSPS) is 12.2. The monoisotopic (exact) mass is 316 g/mol. The molecule has 3 N–H and O–H groups in total. The van der Waals surface area contributed by atoms with Gasteiger partial charge in [-0.1, -0.05) is 26.0 Å². The molecule has 5 heteroatoms. The fourth-order valence-corrected chi connectivity index (χ4v) is 2.39. The predicted molar refractivity (Wildman–Crippen MR) is 90.3 cm³/mol. The lowest BCUT2D eigenvalue weighted by atomic mass is 10.0. The summed E-state index contributed by atoms with van der Waals surface area (Å²) in [7, 11) is 0. The zero-order valence-corrected chi connectivity index (χ0v) is 13.6. The van der Waals surface area contributed by atoms with Crippen LogP contribution in [-0.4, -0.2) is 23.7 Å². The number of carbonyl (C=O) groups excluding carboxylic acids is 1. The quantitative estimate of drug-likeness (QED) is 0.700. The van der Waals surface area contributed by atoms with Gasteiger partial charge in [0.25, 0.3) is 5.91 Å². The Morgan fingerprint density at radius 1 is 1.22 bits per heavy atom. The fourth-order valence-electron chi connectivity index (χ4n) is 2.39. The van der Waals surface area contributed by atoms with E-state index in [1.54, 1.807) is 12.3 Å². The Morgan fingerprint density at radius 2 is 2.00 bits per heavy atom. The van der Waals surface area contributed by atoms with E-state index in [0.717, 1.165) is 11.4 Å². The number of aliphatic hydroxyl groups excluding tert-OH is 1. The average Bonchev–Trinajstić information content (AvgIpc) is 3.06. The Hall–Kier alpha value is -2.27. The molecule has 0 fully saturated rings. The minimum atomic E-state index is -0.139. The molecule has 0 aliphatic rings. The first kappa shape index (κ1) is 17.1. The lowest BCUT2D eigenvalue weighted by molar-refractivity contribution is 0.0917. The van der Waals surface area contributed by atoms with Crippen molar-refractivity contribution in [3.8, 4) is 0 Å². The van der Waals surface area contributed by atoms with Crippen molar-refractivity contribution in [2.24, 2.45) is 5.92 Å². The van der Waals surface area contributed by atoms with Crippen molar-refractivity contribution in [1.82, 2.24) is 5.32 Å². The van der Waals surface area contributed by atoms with Crippen LogP contribution in [0.2, 0.25) is 0 Å². The number of hydrogen-bond donors (Lipinski definition) is 3. The molecular weight excluding hydrogens is 292 g/mol. The number of anilines is 1. The van der Waals surface area contributed by atoms with Crippen LogP contribution in [0.4, 0.5) is 5.69 Å². The summed E-state index contributed by atoms with van der Waals surface area (Å²) in [6, 6.07) is 11.0. The molecule has 1 aromatic heterocycles. The first-order chi connectivity index (χ1) is 11.1. The third kappa shape index (κ3) is 4.86. The minimum absolute atomic E-state index is 0.0503. The van der Waals surface area contributed by atoms with Crippen LogP contribution in [0, 0.1) is 5.92 Å². The Morgan fingerprint density at radius 3 is 2.65 bits per heavy atom. The van der Waals surface area contributed by atoms with Gasteiger partial charge in [-0.2, -0.15) is 0 Å². The van der Waals surface area contributed by atoms with E-state index in [4.69, 9.17) is 9.52 Å². The Bertz CT molecular complexity index is 608. The maximum atomic E-state index is 12.6. The molecule has 0 spiro atoms. The molecular formula is C18H24N2O3. The van der Waals surface area contributed by atoms with Gasteiger partial charge in [-0.05, 0) is 36.6 Å². The van der Waals surface area contributed by atoms with Gasteiger partial charge in [-0.3, -0.25) is 4.79 Å². The summed E-state index contributed by atoms with van der Waals surface area (Å²) in [5, 5.41) is 15.4. The van der Waals surface area contributed by atoms with Crippen LogP contribution in [0.1, 0.15) is 36.4 Å². The molecule has 1 heterocycles. The third-order valence-corrected chi connectivity index (χ3v) is 3.77. The highest BCUT2D eigenvalue weighted by Gasteiger charge is 2.18. The largest absolute Gasteiger partial charge is 0.467 e. The zero-order chi connectivity index (χ0) is 16.7. The lowest BCUT2D eigenvalue weighted by Gasteiger charge is -2.22. The van der Waals surface area contributed by atoms with E-state index in [1.807, 2.05) is 44.2 Å². The molecule has 0 saturated carbocycles. The summed E-state index contributed by atoms with van der Waals surface area (Å²) in [5.74, 6) is 0.926. The highest BCUT2D eigenvalue weighted by Crippen LogP contribution is 2.17. The van der Waals surface area contributed by atoms with E-state index in [9.17, 15) is 4.79 Å². The van der Waals surface area contributed by atoms with Gasteiger partial charge in [0.05, 0.1) is 18.4 Å². The van der Waals surface area contributed by atoms with Gasteiger partial charge >= 0.3 is 0 Å². The van der Waals surface area contributed by atoms with Gasteiger partial charge in [0, 0.05) is 18.3 Å². The molecule has 1 aromatic carbocycles. The molecule has 23 heavy (non-hydrogen) atoms. The van der Waals surface area contributed by atoms with Gasteiger partial charge in [-0.25, -0.2) is 0 Å². The summed E-state index contributed by atoms with van der Waals surface area (Å²) in [6.07, 6.45) is 2.17. The Labute approximate surface area is 136 Å². The van der Waals surface area contributed by atoms with Crippen LogP contribution in [0.3, 0.4) is 0 Å². The average molecular weight is 316 g/mol. The lowest BCUT2D eigenvalue weighted by Crippen LogP contribution is -2.39. The second-order valence-electron chi connectivity index (χ2n) is 5.81. The topological polar surface area (TPSA) is 74.5 Å². The molecule has 1 atom stereocenters. The SMILES string of the molecule is CC(C)C(CCO)NC(=O)c1ccccc1NCc1ccco1. The van der Waals surface area contributed by atoms with E-state index in [1.165, 1.54) is 0 Å². The van der Waals surface area contributed by atoms with Gasteiger partial charge in [-0.15, -0.1) is 0 Å². The van der Waals surface area contributed by atoms with Gasteiger partial charge in [0.2, 0.25) is 0 Å². The summed E-state index contributed by atoms with van der Waals surface area (Å²) < 4.78 is 5.29. The molecule has 1 amide bonds. The summed E-state index contributed by atoms with van der Waals surface area (Å²) in [6.45, 7) is 4.63. The second-order valence-corrected chi connectivity index (χ2v) is 5.81. The van der Waals surface area contributed by atoms with Crippen molar-refractivity contribution in [2.45, 2.75) is 32.9 Å². The van der Waals surface area contributed by atoms with Crippen molar-refractivity contribution in [2.75, 3.05) is 11.9 Å². The van der Waals surface area contributed by atoms with Crippen LogP contribution in [0.15, 0.2) is 47.1 Å². The molecule has 1 unspecified atom stereocenters. The minimum Gasteiger partial charge on any atom is -0.467 e. The van der Waals surface area contributed by atoms with Crippen molar-refractivity contribution >= 4 is 11.6 Å². The second kappa shape index (κ2) is 8.39. The van der Waals surface area contributed by atoms with Crippen LogP contribution in [0.5, 0.6) is 0 Å². The number of carbonyl (C=O) groups is 1. The fraction of sp³-hybridized carbons (Fsp3) is 0.389. The van der Waals surface area contributed by atoms with E-state index in [2.05, 4.69) is 10.6 Å². The molecule has 2 aromatic rings. The first-order valence-electron chi connectivity index (χ1n) is 7.88. The van der Waals surface area contributed by atoms with E-state index in [0.29, 0.717) is 18.5 Å². The highest BCUT2D eigenvalue weighted by atomic mass is 16.3. The summed E-state index contributed by atoms with van der Waals surface area (Å²) in [5.41, 5.74) is 1.34. The number of amides is 1. The molecule has 0 bridgehead atoms. The van der Waals surface area contributed by atoms with Crippen molar-refractivity contribution in [3.63, 3.8) is 0 Å². The Kier molecular flexibility index (Phi) is 6.23. The van der Waals surface area contributed by atoms with Crippen molar-refractivity contribution in [3.05, 3.63) is 54.0 Å². The number of benzene rings is 1.